The van der Waals surface area contributed by atoms with Gasteiger partial charge in [0.15, 0.2) is 0 Å². The Balaban J connectivity index is 0.000000153. The Kier molecular flexibility index (Phi) is 6.68. The number of H-pyrrole nitrogens is 1. The quantitative estimate of drug-likeness (QED) is 0.186. The Morgan fingerprint density at radius 3 is 2.12 bits per heavy atom. The number of para-hydroxylation sites is 4. The Morgan fingerprint density at radius 2 is 1.30 bits per heavy atom. The molecule has 0 aliphatic heterocycles. The third-order valence-corrected chi connectivity index (χ3v) is 8.05. The van der Waals surface area contributed by atoms with E-state index in [9.17, 15) is 5.11 Å². The molecule has 0 saturated heterocycles. The molecule has 0 unspecified atom stereocenters. The van der Waals surface area contributed by atoms with Crippen LogP contribution < -0.4 is 0 Å². The van der Waals surface area contributed by atoms with Gasteiger partial charge in [0.05, 0.1) is 16.6 Å². The molecule has 43 heavy (non-hydrogen) atoms. The monoisotopic (exact) mass is 728 g/mol. The van der Waals surface area contributed by atoms with Gasteiger partial charge in [0.25, 0.3) is 0 Å². The van der Waals surface area contributed by atoms with Crippen molar-refractivity contribution in [2.45, 2.75) is 0 Å². The summed E-state index contributed by atoms with van der Waals surface area (Å²) in [4.78, 5) is 3.66. The maximum atomic E-state index is 9.75. The number of aromatic hydroxyl groups is 1. The summed E-state index contributed by atoms with van der Waals surface area (Å²) in [5.74, 6) is 0.182. The van der Waals surface area contributed by atoms with Crippen LogP contribution in [0, 0.1) is 0 Å². The smallest absolute Gasteiger partial charge is 0.135 e. The fourth-order valence-electron chi connectivity index (χ4n) is 6.25. The largest absolute Gasteiger partial charge is 0.683 e. The van der Waals surface area contributed by atoms with Crippen LogP contribution in [0.25, 0.3) is 76.6 Å². The number of benzene rings is 6. The van der Waals surface area contributed by atoms with Gasteiger partial charge in [0.2, 0.25) is 0 Å². The third kappa shape index (κ3) is 4.19. The molecule has 0 aliphatic carbocycles. The van der Waals surface area contributed by atoms with E-state index in [1.54, 1.807) is 19.2 Å². The van der Waals surface area contributed by atoms with Crippen molar-refractivity contribution in [1.29, 1.82) is 0 Å². The van der Waals surface area contributed by atoms with Crippen LogP contribution in [0.5, 0.6) is 5.75 Å². The minimum atomic E-state index is 0. The Labute approximate surface area is 261 Å². The zero-order valence-corrected chi connectivity index (χ0v) is 26.2. The molecule has 9 aromatic rings. The van der Waals surface area contributed by atoms with Crippen LogP contribution in [-0.4, -0.2) is 21.7 Å². The second kappa shape index (κ2) is 10.7. The first-order chi connectivity index (χ1) is 20.7. The Bertz CT molecular complexity index is 2420. The molecule has 6 heteroatoms. The van der Waals surface area contributed by atoms with E-state index in [1.165, 1.54) is 49.3 Å². The van der Waals surface area contributed by atoms with Gasteiger partial charge in [-0.2, -0.15) is 0 Å². The fraction of sp³-hybridized carbons (Fsp3) is 0.0270. The number of phenolic OH excluding ortho intramolecular Hbond substituents is 1. The van der Waals surface area contributed by atoms with Crippen molar-refractivity contribution >= 4 is 71.2 Å². The molecule has 6 aromatic carbocycles. The number of aromatic amines is 1. The average molecular weight is 728 g/mol. The SMILES string of the molecule is C[N-]c1c(O)ccc2oc3ccccc3c12.[W].c1ccc(-n2c3ccccc3c3c4[nH]c5ccccc5c4ccc32)cc1. The molecule has 0 atom stereocenters. The zero-order chi connectivity index (χ0) is 28.2. The number of hydrogen-bond acceptors (Lipinski definition) is 2. The van der Waals surface area contributed by atoms with E-state index in [0.717, 1.165) is 21.9 Å². The van der Waals surface area contributed by atoms with Gasteiger partial charge in [-0.3, -0.25) is 0 Å². The summed E-state index contributed by atoms with van der Waals surface area (Å²) in [5.41, 5.74) is 8.21. The summed E-state index contributed by atoms with van der Waals surface area (Å²) in [7, 11) is 1.66. The van der Waals surface area contributed by atoms with Crippen molar-refractivity contribution in [3.63, 3.8) is 0 Å². The minimum absolute atomic E-state index is 0. The Hall–Kier alpha value is -4.99. The van der Waals surface area contributed by atoms with Gasteiger partial charge in [-0.1, -0.05) is 84.6 Å². The normalized spacial score (nSPS) is 11.3. The second-order valence-corrected chi connectivity index (χ2v) is 10.4. The van der Waals surface area contributed by atoms with Crippen molar-refractivity contribution in [1.82, 2.24) is 9.55 Å². The van der Waals surface area contributed by atoms with Crippen LogP contribution in [0.3, 0.4) is 0 Å². The van der Waals surface area contributed by atoms with E-state index in [2.05, 4.69) is 106 Å². The van der Waals surface area contributed by atoms with Crippen LogP contribution >= 0.6 is 0 Å². The van der Waals surface area contributed by atoms with Gasteiger partial charge in [0, 0.05) is 64.6 Å². The van der Waals surface area contributed by atoms with Gasteiger partial charge < -0.3 is 24.4 Å². The van der Waals surface area contributed by atoms with E-state index in [0.29, 0.717) is 5.69 Å². The third-order valence-electron chi connectivity index (χ3n) is 8.05. The molecule has 0 amide bonds. The van der Waals surface area contributed by atoms with Crippen LogP contribution in [0.4, 0.5) is 5.69 Å². The molecule has 0 aliphatic rings. The molecule has 9 rings (SSSR count). The first-order valence-corrected chi connectivity index (χ1v) is 13.9. The van der Waals surface area contributed by atoms with Gasteiger partial charge in [-0.25, -0.2) is 0 Å². The first-order valence-electron chi connectivity index (χ1n) is 13.9. The van der Waals surface area contributed by atoms with E-state index in [-0.39, 0.29) is 26.8 Å². The van der Waals surface area contributed by atoms with Crippen LogP contribution in [-0.2, 0) is 21.1 Å². The van der Waals surface area contributed by atoms with Gasteiger partial charge >= 0.3 is 0 Å². The average Bonchev–Trinajstić information content (AvgIpc) is 3.71. The molecule has 3 heterocycles. The predicted molar refractivity (Wildman–Crippen MR) is 174 cm³/mol. The molecule has 208 valence electrons. The number of nitrogens with one attached hydrogen (secondary N) is 1. The first kappa shape index (κ1) is 26.9. The number of nitrogens with zero attached hydrogens (tertiary/aromatic N) is 2. The summed E-state index contributed by atoms with van der Waals surface area (Å²) in [6.45, 7) is 0. The van der Waals surface area contributed by atoms with Crippen molar-refractivity contribution in [3.05, 3.63) is 133 Å². The van der Waals surface area contributed by atoms with E-state index < -0.39 is 0 Å². The Morgan fingerprint density at radius 1 is 0.605 bits per heavy atom. The van der Waals surface area contributed by atoms with Gasteiger partial charge in [-0.05, 0) is 48.5 Å². The van der Waals surface area contributed by atoms with Crippen molar-refractivity contribution in [3.8, 4) is 11.4 Å². The maximum Gasteiger partial charge on any atom is 0.135 e. The summed E-state index contributed by atoms with van der Waals surface area (Å²) in [5, 5.41) is 20.8. The van der Waals surface area contributed by atoms with E-state index in [1.807, 2.05) is 24.3 Å². The molecule has 0 radical (unpaired) electrons. The predicted octanol–water partition coefficient (Wildman–Crippen LogP) is 10.3. The number of aromatic nitrogens is 2. The topological polar surface area (TPSA) is 68.2 Å². The number of hydrogen-bond donors (Lipinski definition) is 2. The second-order valence-electron chi connectivity index (χ2n) is 10.4. The molecule has 3 aromatic heterocycles. The molecular formula is C37H26N3O2W-. The van der Waals surface area contributed by atoms with Crippen LogP contribution in [0.2, 0.25) is 0 Å². The van der Waals surface area contributed by atoms with Crippen molar-refractivity contribution in [2.24, 2.45) is 0 Å². The van der Waals surface area contributed by atoms with Gasteiger partial charge in [0.1, 0.15) is 16.9 Å². The number of phenols is 1. The standard InChI is InChI=1S/C24H16N2.C13H10NO2.W/c1-2-8-16(9-3-1)26-21-13-7-5-11-19(21)23-22(26)15-14-18-17-10-4-6-12-20(17)25-24(18)23;1-14-13-9(15)6-7-11-12(13)8-4-2-3-5-10(8)16-11;/h1-15,25H;2-7,15H,1H3;/q;-1;. The summed E-state index contributed by atoms with van der Waals surface area (Å²) in [6, 6.07) is 43.4. The summed E-state index contributed by atoms with van der Waals surface area (Å²) >= 11 is 0. The summed E-state index contributed by atoms with van der Waals surface area (Å²) in [6.07, 6.45) is 0. The van der Waals surface area contributed by atoms with E-state index in [4.69, 9.17) is 4.42 Å². The van der Waals surface area contributed by atoms with E-state index >= 15 is 0 Å². The minimum Gasteiger partial charge on any atom is -0.683 e. The van der Waals surface area contributed by atoms with Crippen LogP contribution in [0.15, 0.2) is 132 Å². The fourth-order valence-corrected chi connectivity index (χ4v) is 6.25. The number of fused-ring (bicyclic) bond motifs is 10. The molecule has 0 saturated carbocycles. The molecule has 0 fully saturated rings. The van der Waals surface area contributed by atoms with Crippen molar-refractivity contribution in [2.75, 3.05) is 7.05 Å². The number of furan rings is 1. The molecular weight excluding hydrogens is 702 g/mol. The molecule has 2 N–H and O–H groups in total. The number of rotatable bonds is 2. The molecule has 0 bridgehead atoms. The summed E-state index contributed by atoms with van der Waals surface area (Å²) < 4.78 is 8.04. The van der Waals surface area contributed by atoms with Gasteiger partial charge in [-0.15, -0.1) is 7.05 Å². The molecule has 0 spiro atoms. The van der Waals surface area contributed by atoms with Crippen LogP contribution in [0.1, 0.15) is 0 Å². The zero-order valence-electron chi connectivity index (χ0n) is 23.3. The maximum absolute atomic E-state index is 9.75. The molecule has 5 nitrogen and oxygen atoms in total. The van der Waals surface area contributed by atoms with Crippen molar-refractivity contribution < 1.29 is 30.6 Å².